The van der Waals surface area contributed by atoms with E-state index in [0.29, 0.717) is 11.5 Å². The van der Waals surface area contributed by atoms with Gasteiger partial charge in [0, 0.05) is 6.04 Å². The zero-order valence-corrected chi connectivity index (χ0v) is 5.94. The molecule has 2 N–H and O–H groups in total. The van der Waals surface area contributed by atoms with Gasteiger partial charge in [-0.1, -0.05) is 20.8 Å². The van der Waals surface area contributed by atoms with Crippen molar-refractivity contribution in [1.82, 2.24) is 0 Å². The van der Waals surface area contributed by atoms with E-state index in [2.05, 4.69) is 20.8 Å². The van der Waals surface area contributed by atoms with Crippen molar-refractivity contribution in [3.8, 4) is 0 Å². The summed E-state index contributed by atoms with van der Waals surface area (Å²) in [7, 11) is 0. The van der Waals surface area contributed by atoms with Gasteiger partial charge in [0.1, 0.15) is 0 Å². The summed E-state index contributed by atoms with van der Waals surface area (Å²) < 4.78 is 0. The molecule has 0 bridgehead atoms. The summed E-state index contributed by atoms with van der Waals surface area (Å²) in [6.07, 6.45) is 1.23. The van der Waals surface area contributed by atoms with E-state index >= 15 is 0 Å². The van der Waals surface area contributed by atoms with Crippen LogP contribution in [-0.4, -0.2) is 6.04 Å². The number of nitrogens with two attached hydrogens (primary N) is 1. The molecule has 0 saturated heterocycles. The molecule has 0 amide bonds. The maximum Gasteiger partial charge on any atom is 0.0128 e. The van der Waals surface area contributed by atoms with Crippen molar-refractivity contribution in [2.45, 2.75) is 33.2 Å². The minimum atomic E-state index is 0.479. The Morgan fingerprint density at radius 3 is 2.00 bits per heavy atom. The van der Waals surface area contributed by atoms with Crippen molar-refractivity contribution in [2.75, 3.05) is 0 Å². The van der Waals surface area contributed by atoms with Crippen molar-refractivity contribution in [2.24, 2.45) is 17.1 Å². The first-order valence-corrected chi connectivity index (χ1v) is 3.38. The molecule has 1 heteroatoms. The Balaban J connectivity index is 2.50. The summed E-state index contributed by atoms with van der Waals surface area (Å²) in [6, 6.07) is 0.479. The van der Waals surface area contributed by atoms with Gasteiger partial charge >= 0.3 is 0 Å². The van der Waals surface area contributed by atoms with Crippen LogP contribution < -0.4 is 5.73 Å². The summed E-state index contributed by atoms with van der Waals surface area (Å²) in [5.74, 6) is 0.757. The first kappa shape index (κ1) is 6.09. The average Bonchev–Trinajstić information content (AvgIpc) is 2.22. The monoisotopic (exact) mass is 113 g/mol. The molecule has 0 aromatic carbocycles. The lowest BCUT2D eigenvalue weighted by molar-refractivity contribution is 0.490. The van der Waals surface area contributed by atoms with E-state index in [1.165, 1.54) is 6.42 Å². The van der Waals surface area contributed by atoms with Gasteiger partial charge in [-0.2, -0.15) is 0 Å². The quantitative estimate of drug-likeness (QED) is 0.546. The topological polar surface area (TPSA) is 26.0 Å². The fourth-order valence-corrected chi connectivity index (χ4v) is 1.40. The van der Waals surface area contributed by atoms with E-state index in [-0.39, 0.29) is 0 Å². The zero-order chi connectivity index (χ0) is 6.36. The minimum absolute atomic E-state index is 0.479. The number of hydrogen-bond donors (Lipinski definition) is 1. The van der Waals surface area contributed by atoms with Crippen molar-refractivity contribution in [3.05, 3.63) is 0 Å². The molecule has 8 heavy (non-hydrogen) atoms. The molecule has 0 aliphatic heterocycles. The fourth-order valence-electron chi connectivity index (χ4n) is 1.40. The molecule has 1 saturated carbocycles. The maximum atomic E-state index is 5.75. The number of hydrogen-bond acceptors (Lipinski definition) is 1. The van der Waals surface area contributed by atoms with Crippen molar-refractivity contribution < 1.29 is 0 Å². The van der Waals surface area contributed by atoms with Gasteiger partial charge < -0.3 is 5.73 Å². The Morgan fingerprint density at radius 1 is 1.62 bits per heavy atom. The summed E-state index contributed by atoms with van der Waals surface area (Å²) in [6.45, 7) is 6.71. The molecule has 0 aromatic rings. The molecule has 0 spiro atoms. The highest BCUT2D eigenvalue weighted by Crippen LogP contribution is 2.52. The Kier molecular flexibility index (Phi) is 1.12. The van der Waals surface area contributed by atoms with Crippen LogP contribution in [-0.2, 0) is 0 Å². The molecule has 3 unspecified atom stereocenters. The van der Waals surface area contributed by atoms with Gasteiger partial charge in [0.05, 0.1) is 0 Å². The molecule has 1 fully saturated rings. The predicted octanol–water partition coefficient (Wildman–Crippen LogP) is 1.38. The van der Waals surface area contributed by atoms with Crippen LogP contribution in [0.5, 0.6) is 0 Å². The van der Waals surface area contributed by atoms with Crippen LogP contribution in [0.4, 0.5) is 0 Å². The van der Waals surface area contributed by atoms with Crippen LogP contribution in [0.3, 0.4) is 0 Å². The van der Waals surface area contributed by atoms with Crippen molar-refractivity contribution in [1.29, 1.82) is 0 Å². The summed E-state index contributed by atoms with van der Waals surface area (Å²) >= 11 is 0. The molecular formula is C7H15N. The Labute approximate surface area is 51.3 Å². The number of rotatable bonds is 1. The van der Waals surface area contributed by atoms with Gasteiger partial charge in [-0.05, 0) is 17.8 Å². The predicted molar refractivity (Wildman–Crippen MR) is 35.5 cm³/mol. The molecule has 48 valence electrons. The largest absolute Gasteiger partial charge is 0.327 e. The fraction of sp³-hybridized carbons (Fsp3) is 1.00. The lowest BCUT2D eigenvalue weighted by Crippen LogP contribution is -2.08. The highest BCUT2D eigenvalue weighted by atomic mass is 14.8. The third-order valence-corrected chi connectivity index (χ3v) is 2.99. The van der Waals surface area contributed by atoms with Crippen LogP contribution in [0.25, 0.3) is 0 Å². The van der Waals surface area contributed by atoms with E-state index in [1.807, 2.05) is 0 Å². The second kappa shape index (κ2) is 1.47. The summed E-state index contributed by atoms with van der Waals surface area (Å²) in [4.78, 5) is 0. The third kappa shape index (κ3) is 0.510. The van der Waals surface area contributed by atoms with Gasteiger partial charge in [0.25, 0.3) is 0 Å². The van der Waals surface area contributed by atoms with E-state index < -0.39 is 0 Å². The Bertz CT molecular complexity index is 90.6. The van der Waals surface area contributed by atoms with Crippen LogP contribution in [0.1, 0.15) is 27.2 Å². The van der Waals surface area contributed by atoms with Crippen molar-refractivity contribution >= 4 is 0 Å². The van der Waals surface area contributed by atoms with Crippen LogP contribution >= 0.6 is 0 Å². The van der Waals surface area contributed by atoms with Gasteiger partial charge in [-0.15, -0.1) is 0 Å². The van der Waals surface area contributed by atoms with E-state index in [9.17, 15) is 0 Å². The molecule has 0 radical (unpaired) electrons. The average molecular weight is 113 g/mol. The minimum Gasteiger partial charge on any atom is -0.327 e. The Hall–Kier alpha value is -0.0400. The van der Waals surface area contributed by atoms with Gasteiger partial charge in [-0.25, -0.2) is 0 Å². The Morgan fingerprint density at radius 2 is 2.00 bits per heavy atom. The maximum absolute atomic E-state index is 5.75. The SMILES string of the molecule is CCC1(C)C(C)C1N. The highest BCUT2D eigenvalue weighted by Gasteiger charge is 2.54. The van der Waals surface area contributed by atoms with Crippen LogP contribution in [0, 0.1) is 11.3 Å². The second-order valence-corrected chi connectivity index (χ2v) is 3.17. The molecule has 1 aliphatic carbocycles. The normalized spacial score (nSPS) is 54.0. The smallest absolute Gasteiger partial charge is 0.0128 e. The molecule has 1 nitrogen and oxygen atoms in total. The van der Waals surface area contributed by atoms with E-state index in [1.54, 1.807) is 0 Å². The molecule has 1 aliphatic rings. The van der Waals surface area contributed by atoms with Crippen molar-refractivity contribution in [3.63, 3.8) is 0 Å². The van der Waals surface area contributed by atoms with Crippen LogP contribution in [0.15, 0.2) is 0 Å². The lowest BCUT2D eigenvalue weighted by atomic mass is 10.0. The lowest BCUT2D eigenvalue weighted by Gasteiger charge is -2.02. The van der Waals surface area contributed by atoms with Gasteiger partial charge in [0.15, 0.2) is 0 Å². The van der Waals surface area contributed by atoms with Gasteiger partial charge in [0.2, 0.25) is 0 Å². The standard InChI is InChI=1S/C7H15N/c1-4-7(3)5(2)6(7)8/h5-6H,4,8H2,1-3H3. The first-order chi connectivity index (χ1) is 3.63. The van der Waals surface area contributed by atoms with Gasteiger partial charge in [-0.3, -0.25) is 0 Å². The molecule has 0 aromatic heterocycles. The van der Waals surface area contributed by atoms with E-state index in [4.69, 9.17) is 5.73 Å². The van der Waals surface area contributed by atoms with Crippen LogP contribution in [0.2, 0.25) is 0 Å². The zero-order valence-electron chi connectivity index (χ0n) is 5.94. The second-order valence-electron chi connectivity index (χ2n) is 3.17. The first-order valence-electron chi connectivity index (χ1n) is 3.38. The molecule has 3 atom stereocenters. The highest BCUT2D eigenvalue weighted by molar-refractivity contribution is 5.08. The third-order valence-electron chi connectivity index (χ3n) is 2.99. The molecule has 0 heterocycles. The summed E-state index contributed by atoms with van der Waals surface area (Å²) in [5, 5.41) is 0. The molecular weight excluding hydrogens is 98.1 g/mol. The molecule has 1 rings (SSSR count). The summed E-state index contributed by atoms with van der Waals surface area (Å²) in [5.41, 5.74) is 6.24. The van der Waals surface area contributed by atoms with E-state index in [0.717, 1.165) is 5.92 Å².